The first-order valence-corrected chi connectivity index (χ1v) is 4.05. The maximum Gasteiger partial charge on any atom is 0.356 e. The highest BCUT2D eigenvalue weighted by Crippen LogP contribution is 2.07. The Morgan fingerprint density at radius 1 is 1.77 bits per heavy atom. The molecule has 0 saturated carbocycles. The van der Waals surface area contributed by atoms with Crippen molar-refractivity contribution in [1.82, 2.24) is 9.97 Å². The number of carbonyl (C=O) groups is 1. The van der Waals surface area contributed by atoms with Gasteiger partial charge in [-0.25, -0.2) is 9.78 Å². The number of hydrogen-bond acceptors (Lipinski definition) is 3. The van der Waals surface area contributed by atoms with E-state index in [1.54, 1.807) is 19.9 Å². The van der Waals surface area contributed by atoms with Gasteiger partial charge in [0.25, 0.3) is 0 Å². The SMILES string of the molecule is C=Cc1nc(C)c(C(=O)OCC)[nH]1. The number of hydrogen-bond donors (Lipinski definition) is 1. The van der Waals surface area contributed by atoms with E-state index in [-0.39, 0.29) is 5.97 Å². The Morgan fingerprint density at radius 3 is 2.92 bits per heavy atom. The lowest BCUT2D eigenvalue weighted by Gasteiger charge is -1.98. The summed E-state index contributed by atoms with van der Waals surface area (Å²) < 4.78 is 4.82. The summed E-state index contributed by atoms with van der Waals surface area (Å²) in [5, 5.41) is 0. The molecule has 13 heavy (non-hydrogen) atoms. The second-order valence-corrected chi connectivity index (χ2v) is 2.51. The van der Waals surface area contributed by atoms with E-state index in [4.69, 9.17) is 4.74 Å². The minimum Gasteiger partial charge on any atom is -0.461 e. The monoisotopic (exact) mass is 180 g/mol. The van der Waals surface area contributed by atoms with Gasteiger partial charge in [-0.15, -0.1) is 0 Å². The molecule has 1 heterocycles. The normalized spacial score (nSPS) is 9.69. The number of aromatic amines is 1. The lowest BCUT2D eigenvalue weighted by atomic mass is 10.3. The van der Waals surface area contributed by atoms with Gasteiger partial charge in [-0.1, -0.05) is 6.58 Å². The number of rotatable bonds is 3. The molecule has 0 bridgehead atoms. The summed E-state index contributed by atoms with van der Waals surface area (Å²) in [5.74, 6) is 0.209. The minimum atomic E-state index is -0.374. The fourth-order valence-corrected chi connectivity index (χ4v) is 0.982. The third kappa shape index (κ3) is 1.96. The standard InChI is InChI=1S/C9H12N2O2/c1-4-7-10-6(3)8(11-7)9(12)13-5-2/h4H,1,5H2,2-3H3,(H,10,11). The van der Waals surface area contributed by atoms with Crippen LogP contribution in [0.5, 0.6) is 0 Å². The second-order valence-electron chi connectivity index (χ2n) is 2.51. The van der Waals surface area contributed by atoms with Crippen LogP contribution in [0.25, 0.3) is 6.08 Å². The van der Waals surface area contributed by atoms with Crippen LogP contribution in [0.15, 0.2) is 6.58 Å². The van der Waals surface area contributed by atoms with E-state index in [2.05, 4.69) is 16.5 Å². The number of aromatic nitrogens is 2. The lowest BCUT2D eigenvalue weighted by Crippen LogP contribution is -2.06. The molecular formula is C9H12N2O2. The first-order valence-electron chi connectivity index (χ1n) is 4.05. The van der Waals surface area contributed by atoms with Gasteiger partial charge < -0.3 is 9.72 Å². The van der Waals surface area contributed by atoms with Gasteiger partial charge in [0, 0.05) is 0 Å². The zero-order valence-corrected chi connectivity index (χ0v) is 7.76. The third-order valence-corrected chi connectivity index (χ3v) is 1.58. The van der Waals surface area contributed by atoms with Gasteiger partial charge in [0.15, 0.2) is 0 Å². The molecule has 1 aromatic heterocycles. The van der Waals surface area contributed by atoms with Crippen molar-refractivity contribution in [3.05, 3.63) is 23.8 Å². The van der Waals surface area contributed by atoms with Crippen LogP contribution in [0.2, 0.25) is 0 Å². The van der Waals surface area contributed by atoms with Crippen molar-refractivity contribution in [2.45, 2.75) is 13.8 Å². The smallest absolute Gasteiger partial charge is 0.356 e. The number of aryl methyl sites for hydroxylation is 1. The van der Waals surface area contributed by atoms with Crippen LogP contribution >= 0.6 is 0 Å². The minimum absolute atomic E-state index is 0.362. The molecule has 0 unspecified atom stereocenters. The van der Waals surface area contributed by atoms with E-state index >= 15 is 0 Å². The molecule has 1 rings (SSSR count). The van der Waals surface area contributed by atoms with Crippen molar-refractivity contribution in [1.29, 1.82) is 0 Å². The van der Waals surface area contributed by atoms with Gasteiger partial charge in [-0.2, -0.15) is 0 Å². The quantitative estimate of drug-likeness (QED) is 0.718. The van der Waals surface area contributed by atoms with Gasteiger partial charge in [-0.3, -0.25) is 0 Å². The van der Waals surface area contributed by atoms with Crippen LogP contribution in [-0.4, -0.2) is 22.5 Å². The van der Waals surface area contributed by atoms with Crippen LogP contribution in [0.4, 0.5) is 0 Å². The average Bonchev–Trinajstić information content (AvgIpc) is 2.47. The molecule has 0 spiro atoms. The van der Waals surface area contributed by atoms with Gasteiger partial charge in [0.2, 0.25) is 0 Å². The molecule has 4 nitrogen and oxygen atoms in total. The highest BCUT2D eigenvalue weighted by molar-refractivity contribution is 5.88. The Morgan fingerprint density at radius 2 is 2.46 bits per heavy atom. The van der Waals surface area contributed by atoms with Crippen molar-refractivity contribution in [3.8, 4) is 0 Å². The van der Waals surface area contributed by atoms with Crippen molar-refractivity contribution < 1.29 is 9.53 Å². The van der Waals surface area contributed by atoms with Gasteiger partial charge in [0.1, 0.15) is 11.5 Å². The molecule has 1 aromatic rings. The summed E-state index contributed by atoms with van der Waals surface area (Å²) in [4.78, 5) is 18.1. The molecule has 70 valence electrons. The van der Waals surface area contributed by atoms with Crippen LogP contribution in [0, 0.1) is 6.92 Å². The van der Waals surface area contributed by atoms with Crippen LogP contribution in [0.1, 0.15) is 28.9 Å². The van der Waals surface area contributed by atoms with Crippen molar-refractivity contribution >= 4 is 12.0 Å². The lowest BCUT2D eigenvalue weighted by molar-refractivity contribution is 0.0519. The van der Waals surface area contributed by atoms with Gasteiger partial charge in [0.05, 0.1) is 12.3 Å². The fourth-order valence-electron chi connectivity index (χ4n) is 0.982. The van der Waals surface area contributed by atoms with E-state index in [0.29, 0.717) is 23.8 Å². The van der Waals surface area contributed by atoms with E-state index in [0.717, 1.165) is 0 Å². The number of esters is 1. The molecule has 0 amide bonds. The van der Waals surface area contributed by atoms with E-state index in [9.17, 15) is 4.79 Å². The number of ether oxygens (including phenoxy) is 1. The molecular weight excluding hydrogens is 168 g/mol. The molecule has 0 fully saturated rings. The Hall–Kier alpha value is -1.58. The summed E-state index contributed by atoms with van der Waals surface area (Å²) in [6.07, 6.45) is 1.55. The van der Waals surface area contributed by atoms with Crippen molar-refractivity contribution in [2.24, 2.45) is 0 Å². The van der Waals surface area contributed by atoms with Crippen LogP contribution < -0.4 is 0 Å². The number of nitrogens with zero attached hydrogens (tertiary/aromatic N) is 1. The molecule has 0 aliphatic heterocycles. The van der Waals surface area contributed by atoms with E-state index in [1.165, 1.54) is 0 Å². The maximum atomic E-state index is 11.3. The predicted molar refractivity (Wildman–Crippen MR) is 49.4 cm³/mol. The Labute approximate surface area is 76.6 Å². The number of H-pyrrole nitrogens is 1. The Kier molecular flexibility index (Phi) is 2.84. The largest absolute Gasteiger partial charge is 0.461 e. The first-order chi connectivity index (χ1) is 6.19. The molecule has 0 aliphatic carbocycles. The molecule has 0 aromatic carbocycles. The maximum absolute atomic E-state index is 11.3. The summed E-state index contributed by atoms with van der Waals surface area (Å²) >= 11 is 0. The summed E-state index contributed by atoms with van der Waals surface area (Å²) in [6, 6.07) is 0. The molecule has 4 heteroatoms. The molecule has 0 saturated heterocycles. The number of carbonyl (C=O) groups excluding carboxylic acids is 1. The summed E-state index contributed by atoms with van der Waals surface area (Å²) in [6.45, 7) is 7.41. The molecule has 0 aliphatic rings. The Balaban J connectivity index is 2.93. The average molecular weight is 180 g/mol. The van der Waals surface area contributed by atoms with Gasteiger partial charge in [-0.05, 0) is 19.9 Å². The zero-order chi connectivity index (χ0) is 9.84. The summed E-state index contributed by atoms with van der Waals surface area (Å²) in [7, 11) is 0. The Bertz CT molecular complexity index is 328. The summed E-state index contributed by atoms with van der Waals surface area (Å²) in [5.41, 5.74) is 1.03. The fraction of sp³-hybridized carbons (Fsp3) is 0.333. The topological polar surface area (TPSA) is 55.0 Å². The first kappa shape index (κ1) is 9.51. The second kappa shape index (κ2) is 3.89. The molecule has 0 radical (unpaired) electrons. The molecule has 1 N–H and O–H groups in total. The van der Waals surface area contributed by atoms with Crippen LogP contribution in [0.3, 0.4) is 0 Å². The van der Waals surface area contributed by atoms with Crippen molar-refractivity contribution in [2.75, 3.05) is 6.61 Å². The number of nitrogens with one attached hydrogen (secondary N) is 1. The predicted octanol–water partition coefficient (Wildman–Crippen LogP) is 1.54. The van der Waals surface area contributed by atoms with E-state index in [1.807, 2.05) is 0 Å². The van der Waals surface area contributed by atoms with E-state index < -0.39 is 0 Å². The number of imidazole rings is 1. The van der Waals surface area contributed by atoms with Gasteiger partial charge >= 0.3 is 5.97 Å². The van der Waals surface area contributed by atoms with Crippen molar-refractivity contribution in [3.63, 3.8) is 0 Å². The molecule has 0 atom stereocenters. The zero-order valence-electron chi connectivity index (χ0n) is 7.76. The highest BCUT2D eigenvalue weighted by atomic mass is 16.5. The third-order valence-electron chi connectivity index (χ3n) is 1.58. The highest BCUT2D eigenvalue weighted by Gasteiger charge is 2.13. The van der Waals surface area contributed by atoms with Crippen LogP contribution in [-0.2, 0) is 4.74 Å².